The fourth-order valence-corrected chi connectivity index (χ4v) is 2.31. The van der Waals surface area contributed by atoms with Crippen molar-refractivity contribution in [3.05, 3.63) is 22.7 Å². The largest absolute Gasteiger partial charge is 0.275 e. The number of nitrogens with zero attached hydrogens (tertiary/aromatic N) is 2. The lowest BCUT2D eigenvalue weighted by atomic mass is 10.1. The summed E-state index contributed by atoms with van der Waals surface area (Å²) in [7, 11) is 1.80. The molecule has 0 fully saturated rings. The van der Waals surface area contributed by atoms with Crippen molar-refractivity contribution < 1.29 is 4.21 Å². The van der Waals surface area contributed by atoms with Gasteiger partial charge in [-0.05, 0) is 18.6 Å². The van der Waals surface area contributed by atoms with Crippen molar-refractivity contribution in [3.8, 4) is 0 Å². The summed E-state index contributed by atoms with van der Waals surface area (Å²) in [6.45, 7) is 5.96. The maximum atomic E-state index is 10.9. The van der Waals surface area contributed by atoms with Gasteiger partial charge >= 0.3 is 0 Å². The molecule has 1 atom stereocenters. The number of hydrogen-bond donors (Lipinski definition) is 2. The number of nitrogens with two attached hydrogens (primary N) is 1. The van der Waals surface area contributed by atoms with Crippen molar-refractivity contribution in [2.24, 2.45) is 12.2 Å². The maximum absolute atomic E-state index is 10.9. The molecule has 1 unspecified atom stereocenters. The highest BCUT2D eigenvalue weighted by molar-refractivity contribution is 7.84. The maximum Gasteiger partial charge on any atom is 0.192 e. The predicted octanol–water partition coefficient (Wildman–Crippen LogP) is 2.51. The summed E-state index contributed by atoms with van der Waals surface area (Å²) in [6, 6.07) is 3.70. The van der Waals surface area contributed by atoms with Crippen LogP contribution in [-0.4, -0.2) is 14.0 Å². The Morgan fingerprint density at radius 2 is 2.06 bits per heavy atom. The number of aromatic nitrogens is 2. The molecule has 0 aliphatic carbocycles. The number of aryl methyl sites for hydroxylation is 2. The molecular weight excluding hydrogens is 272 g/mol. The van der Waals surface area contributed by atoms with Crippen LogP contribution >= 0.6 is 11.6 Å². The highest BCUT2D eigenvalue weighted by atomic mass is 35.5. The van der Waals surface area contributed by atoms with Crippen LogP contribution in [0.1, 0.15) is 19.4 Å². The second-order valence-corrected chi connectivity index (χ2v) is 4.67. The van der Waals surface area contributed by atoms with Crippen LogP contribution in [-0.2, 0) is 18.2 Å². The van der Waals surface area contributed by atoms with Crippen molar-refractivity contribution in [1.82, 2.24) is 9.78 Å². The van der Waals surface area contributed by atoms with Crippen molar-refractivity contribution >= 4 is 39.5 Å². The molecule has 0 aliphatic rings. The zero-order chi connectivity index (χ0) is 13.9. The predicted molar refractivity (Wildman–Crippen MR) is 77.8 cm³/mol. The summed E-state index contributed by atoms with van der Waals surface area (Å²) in [6.07, 6.45) is 0. The third-order valence-electron chi connectivity index (χ3n) is 2.34. The Morgan fingerprint density at radius 3 is 2.61 bits per heavy atom. The van der Waals surface area contributed by atoms with Crippen molar-refractivity contribution in [1.29, 1.82) is 0 Å². The first-order valence-corrected chi connectivity index (χ1v) is 7.14. The molecule has 1 aromatic carbocycles. The molecule has 0 spiro atoms. The SMILES string of the molecule is CC.Cc1ccc(Cl)c2c(NS(N)=O)nn(C)c12. The Morgan fingerprint density at radius 1 is 1.44 bits per heavy atom. The van der Waals surface area contributed by atoms with Gasteiger partial charge in [0.05, 0.1) is 15.9 Å². The first kappa shape index (κ1) is 14.9. The van der Waals surface area contributed by atoms with E-state index >= 15 is 0 Å². The summed E-state index contributed by atoms with van der Waals surface area (Å²) in [5.41, 5.74) is 1.95. The smallest absolute Gasteiger partial charge is 0.192 e. The lowest BCUT2D eigenvalue weighted by molar-refractivity contribution is 0.687. The van der Waals surface area contributed by atoms with Gasteiger partial charge < -0.3 is 0 Å². The van der Waals surface area contributed by atoms with Gasteiger partial charge in [0.2, 0.25) is 0 Å². The monoisotopic (exact) mass is 288 g/mol. The van der Waals surface area contributed by atoms with E-state index in [1.165, 1.54) is 0 Å². The van der Waals surface area contributed by atoms with E-state index in [4.69, 9.17) is 16.7 Å². The topological polar surface area (TPSA) is 72.9 Å². The minimum absolute atomic E-state index is 0.437. The molecule has 2 aromatic rings. The number of halogens is 1. The van der Waals surface area contributed by atoms with Crippen molar-refractivity contribution in [2.45, 2.75) is 20.8 Å². The van der Waals surface area contributed by atoms with Crippen molar-refractivity contribution in [2.75, 3.05) is 4.72 Å². The fraction of sp³-hybridized carbons (Fsp3) is 0.364. The standard InChI is InChI=1S/C9H11ClN4OS.C2H6/c1-5-3-4-6(10)7-8(5)14(2)12-9(7)13-16(11)15;1-2/h3-4H,11H2,1-2H3,(H,12,13);1-2H3. The Labute approximate surface area is 114 Å². The molecule has 2 rings (SSSR count). The van der Waals surface area contributed by atoms with E-state index in [0.717, 1.165) is 16.5 Å². The van der Waals surface area contributed by atoms with Crippen LogP contribution in [0.3, 0.4) is 0 Å². The highest BCUT2D eigenvalue weighted by Gasteiger charge is 2.14. The van der Waals surface area contributed by atoms with E-state index in [0.29, 0.717) is 10.8 Å². The van der Waals surface area contributed by atoms with Gasteiger partial charge in [-0.3, -0.25) is 9.40 Å². The van der Waals surface area contributed by atoms with Gasteiger partial charge in [-0.25, -0.2) is 9.35 Å². The first-order valence-electron chi connectivity index (χ1n) is 5.55. The molecule has 18 heavy (non-hydrogen) atoms. The van der Waals surface area contributed by atoms with Gasteiger partial charge in [-0.2, -0.15) is 5.10 Å². The van der Waals surface area contributed by atoms with Crippen molar-refractivity contribution in [3.63, 3.8) is 0 Å². The minimum Gasteiger partial charge on any atom is -0.275 e. The molecule has 3 N–H and O–H groups in total. The zero-order valence-electron chi connectivity index (χ0n) is 10.8. The molecule has 1 aromatic heterocycles. The molecule has 0 amide bonds. The number of anilines is 1. The number of fused-ring (bicyclic) bond motifs is 1. The van der Waals surface area contributed by atoms with Gasteiger partial charge in [0.15, 0.2) is 17.0 Å². The third kappa shape index (κ3) is 2.82. The minimum atomic E-state index is -1.66. The van der Waals surface area contributed by atoms with Crippen LogP contribution in [0.4, 0.5) is 5.82 Å². The molecule has 0 bridgehead atoms. The number of benzene rings is 1. The van der Waals surface area contributed by atoms with Gasteiger partial charge in [0.1, 0.15) is 0 Å². The van der Waals surface area contributed by atoms with Gasteiger partial charge in [-0.1, -0.05) is 31.5 Å². The number of hydrogen-bond acceptors (Lipinski definition) is 2. The summed E-state index contributed by atoms with van der Waals surface area (Å²) in [4.78, 5) is 0. The molecule has 0 aliphatic heterocycles. The number of nitrogens with one attached hydrogen (secondary N) is 1. The van der Waals surface area contributed by atoms with Crippen LogP contribution in [0.25, 0.3) is 10.9 Å². The van der Waals surface area contributed by atoms with Crippen LogP contribution in [0.5, 0.6) is 0 Å². The number of rotatable bonds is 2. The molecule has 0 saturated carbocycles. The summed E-state index contributed by atoms with van der Waals surface area (Å²) in [5, 5.41) is 10.7. The van der Waals surface area contributed by atoms with Crippen LogP contribution < -0.4 is 9.86 Å². The second-order valence-electron chi connectivity index (χ2n) is 3.46. The Kier molecular flexibility index (Phi) is 5.13. The lowest BCUT2D eigenvalue weighted by Gasteiger charge is -2.01. The molecule has 0 radical (unpaired) electrons. The molecule has 1 heterocycles. The normalized spacial score (nSPS) is 11.9. The van der Waals surface area contributed by atoms with E-state index in [2.05, 4.69) is 9.82 Å². The molecule has 0 saturated heterocycles. The van der Waals surface area contributed by atoms with Crippen LogP contribution in [0.15, 0.2) is 12.1 Å². The average Bonchev–Trinajstić information content (AvgIpc) is 2.64. The highest BCUT2D eigenvalue weighted by Crippen LogP contribution is 2.31. The second kappa shape index (κ2) is 6.17. The zero-order valence-corrected chi connectivity index (χ0v) is 12.4. The Hall–Kier alpha value is -1.11. The summed E-state index contributed by atoms with van der Waals surface area (Å²) in [5.74, 6) is 0.437. The lowest BCUT2D eigenvalue weighted by Crippen LogP contribution is -2.13. The van der Waals surface area contributed by atoms with Crippen LogP contribution in [0.2, 0.25) is 5.02 Å². The fourth-order valence-electron chi connectivity index (χ4n) is 1.73. The van der Waals surface area contributed by atoms with E-state index in [1.54, 1.807) is 17.8 Å². The Bertz CT molecular complexity index is 582. The third-order valence-corrected chi connectivity index (χ3v) is 3.05. The first-order chi connectivity index (χ1) is 8.50. The Balaban J connectivity index is 0.000000771. The van der Waals surface area contributed by atoms with Gasteiger partial charge in [-0.15, -0.1) is 0 Å². The van der Waals surface area contributed by atoms with Gasteiger partial charge in [0.25, 0.3) is 0 Å². The van der Waals surface area contributed by atoms with E-state index in [-0.39, 0.29) is 0 Å². The quantitative estimate of drug-likeness (QED) is 0.891. The average molecular weight is 289 g/mol. The summed E-state index contributed by atoms with van der Waals surface area (Å²) >= 11 is 4.44. The van der Waals surface area contributed by atoms with Crippen LogP contribution in [0, 0.1) is 6.92 Å². The van der Waals surface area contributed by atoms with Gasteiger partial charge in [0, 0.05) is 7.05 Å². The van der Waals surface area contributed by atoms with E-state index in [9.17, 15) is 4.21 Å². The van der Waals surface area contributed by atoms with E-state index < -0.39 is 11.2 Å². The van der Waals surface area contributed by atoms with E-state index in [1.807, 2.05) is 26.8 Å². The molecule has 5 nitrogen and oxygen atoms in total. The molecule has 7 heteroatoms. The molecular formula is C11H17ClN4OS. The molecule has 100 valence electrons. The summed E-state index contributed by atoms with van der Waals surface area (Å²) < 4.78 is 15.2.